The third-order valence-corrected chi connectivity index (χ3v) is 5.16. The van der Waals surface area contributed by atoms with Crippen LogP contribution in [0.4, 0.5) is 0 Å². The fourth-order valence-electron chi connectivity index (χ4n) is 3.41. The van der Waals surface area contributed by atoms with E-state index in [2.05, 4.69) is 17.4 Å². The van der Waals surface area contributed by atoms with Gasteiger partial charge in [0.05, 0.1) is 12.6 Å². The SMILES string of the molecule is COc1ccc(C2(NC(=O)[C@H]3C[C@@H]3C3CC3)CC2)cc1. The molecular formula is C17H21NO2. The molecule has 3 heteroatoms. The van der Waals surface area contributed by atoms with Crippen LogP contribution in [0.3, 0.4) is 0 Å². The molecule has 3 fully saturated rings. The Hall–Kier alpha value is -1.51. The van der Waals surface area contributed by atoms with E-state index in [9.17, 15) is 4.79 Å². The van der Waals surface area contributed by atoms with Crippen molar-refractivity contribution < 1.29 is 9.53 Å². The van der Waals surface area contributed by atoms with Gasteiger partial charge in [-0.2, -0.15) is 0 Å². The van der Waals surface area contributed by atoms with Crippen molar-refractivity contribution in [2.75, 3.05) is 7.11 Å². The summed E-state index contributed by atoms with van der Waals surface area (Å²) in [5.74, 6) is 3.02. The number of rotatable bonds is 5. The zero-order valence-electron chi connectivity index (χ0n) is 11.9. The summed E-state index contributed by atoms with van der Waals surface area (Å²) in [6.07, 6.45) is 5.93. The van der Waals surface area contributed by atoms with Gasteiger partial charge >= 0.3 is 0 Å². The maximum atomic E-state index is 12.4. The molecule has 0 heterocycles. The Morgan fingerprint density at radius 3 is 2.50 bits per heavy atom. The van der Waals surface area contributed by atoms with Gasteiger partial charge < -0.3 is 10.1 Å². The predicted molar refractivity (Wildman–Crippen MR) is 76.4 cm³/mol. The van der Waals surface area contributed by atoms with Crippen molar-refractivity contribution in [3.63, 3.8) is 0 Å². The van der Waals surface area contributed by atoms with Crippen LogP contribution in [-0.4, -0.2) is 13.0 Å². The summed E-state index contributed by atoms with van der Waals surface area (Å²) < 4.78 is 5.19. The fraction of sp³-hybridized carbons (Fsp3) is 0.588. The summed E-state index contributed by atoms with van der Waals surface area (Å²) in [4.78, 5) is 12.4. The first kappa shape index (κ1) is 12.2. The molecule has 0 radical (unpaired) electrons. The second kappa shape index (κ2) is 4.24. The third kappa shape index (κ3) is 2.09. The van der Waals surface area contributed by atoms with Crippen molar-refractivity contribution in [1.29, 1.82) is 0 Å². The van der Waals surface area contributed by atoms with Crippen LogP contribution >= 0.6 is 0 Å². The van der Waals surface area contributed by atoms with E-state index in [1.54, 1.807) is 7.11 Å². The Balaban J connectivity index is 1.43. The molecule has 1 aromatic carbocycles. The Kier molecular flexibility index (Phi) is 2.60. The van der Waals surface area contributed by atoms with Crippen molar-refractivity contribution >= 4 is 5.91 Å². The van der Waals surface area contributed by atoms with Crippen LogP contribution in [0.15, 0.2) is 24.3 Å². The number of carbonyl (C=O) groups is 1. The van der Waals surface area contributed by atoms with Crippen molar-refractivity contribution in [3.8, 4) is 5.75 Å². The van der Waals surface area contributed by atoms with Crippen molar-refractivity contribution in [2.24, 2.45) is 17.8 Å². The highest BCUT2D eigenvalue weighted by atomic mass is 16.5. The molecule has 1 N–H and O–H groups in total. The quantitative estimate of drug-likeness (QED) is 0.894. The number of amides is 1. The zero-order valence-corrected chi connectivity index (χ0v) is 11.9. The van der Waals surface area contributed by atoms with Crippen molar-refractivity contribution in [1.82, 2.24) is 5.32 Å². The third-order valence-electron chi connectivity index (χ3n) is 5.16. The molecule has 0 bridgehead atoms. The summed E-state index contributed by atoms with van der Waals surface area (Å²) in [5, 5.41) is 3.32. The van der Waals surface area contributed by atoms with E-state index in [4.69, 9.17) is 4.74 Å². The minimum Gasteiger partial charge on any atom is -0.497 e. The molecule has 4 rings (SSSR count). The number of methoxy groups -OCH3 is 1. The molecule has 1 aromatic rings. The highest BCUT2D eigenvalue weighted by Gasteiger charge is 2.54. The van der Waals surface area contributed by atoms with Crippen molar-refractivity contribution in [2.45, 2.75) is 37.6 Å². The van der Waals surface area contributed by atoms with Gasteiger partial charge in [0.2, 0.25) is 5.91 Å². The minimum absolute atomic E-state index is 0.0833. The number of ether oxygens (including phenoxy) is 1. The molecule has 3 saturated carbocycles. The average Bonchev–Trinajstić information content (AvgIpc) is 3.32. The lowest BCUT2D eigenvalue weighted by molar-refractivity contribution is -0.123. The predicted octanol–water partition coefficient (Wildman–Crippen LogP) is 2.85. The van der Waals surface area contributed by atoms with E-state index >= 15 is 0 Å². The van der Waals surface area contributed by atoms with Crippen molar-refractivity contribution in [3.05, 3.63) is 29.8 Å². The molecule has 3 aliphatic carbocycles. The molecule has 3 nitrogen and oxygen atoms in total. The molecule has 106 valence electrons. The average molecular weight is 271 g/mol. The van der Waals surface area contributed by atoms with E-state index in [-0.39, 0.29) is 11.4 Å². The van der Waals surface area contributed by atoms with Gasteiger partial charge in [0.15, 0.2) is 0 Å². The molecule has 0 spiro atoms. The van der Waals surface area contributed by atoms with Crippen LogP contribution in [0.5, 0.6) is 5.75 Å². The topological polar surface area (TPSA) is 38.3 Å². The molecule has 20 heavy (non-hydrogen) atoms. The molecule has 0 aliphatic heterocycles. The van der Waals surface area contributed by atoms with E-state index in [1.807, 2.05) is 12.1 Å². The lowest BCUT2D eigenvalue weighted by Crippen LogP contribution is -2.36. The Morgan fingerprint density at radius 2 is 1.95 bits per heavy atom. The minimum atomic E-state index is -0.0833. The maximum absolute atomic E-state index is 12.4. The van der Waals surface area contributed by atoms with Gasteiger partial charge in [-0.15, -0.1) is 0 Å². The van der Waals surface area contributed by atoms with Crippen LogP contribution in [0, 0.1) is 17.8 Å². The summed E-state index contributed by atoms with van der Waals surface area (Å²) in [6, 6.07) is 8.12. The summed E-state index contributed by atoms with van der Waals surface area (Å²) in [5.41, 5.74) is 1.13. The van der Waals surface area contributed by atoms with Gasteiger partial charge in [0.25, 0.3) is 0 Å². The van der Waals surface area contributed by atoms with Gasteiger partial charge in [0, 0.05) is 5.92 Å². The Morgan fingerprint density at radius 1 is 1.25 bits per heavy atom. The molecule has 0 unspecified atom stereocenters. The van der Waals surface area contributed by atoms with Crippen LogP contribution in [0.1, 0.15) is 37.7 Å². The maximum Gasteiger partial charge on any atom is 0.224 e. The van der Waals surface area contributed by atoms with Crippen LogP contribution < -0.4 is 10.1 Å². The van der Waals surface area contributed by atoms with E-state index in [0.717, 1.165) is 30.9 Å². The highest BCUT2D eigenvalue weighted by Crippen LogP contribution is 2.55. The first-order chi connectivity index (χ1) is 9.72. The van der Waals surface area contributed by atoms with E-state index in [0.29, 0.717) is 11.8 Å². The van der Waals surface area contributed by atoms with Crippen LogP contribution in [0.2, 0.25) is 0 Å². The second-order valence-electron chi connectivity index (χ2n) is 6.64. The number of hydrogen-bond donors (Lipinski definition) is 1. The number of hydrogen-bond acceptors (Lipinski definition) is 2. The first-order valence-corrected chi connectivity index (χ1v) is 7.68. The molecule has 0 saturated heterocycles. The summed E-state index contributed by atoms with van der Waals surface area (Å²) >= 11 is 0. The van der Waals surface area contributed by atoms with Crippen LogP contribution in [-0.2, 0) is 10.3 Å². The van der Waals surface area contributed by atoms with Gasteiger partial charge in [-0.05, 0) is 61.6 Å². The monoisotopic (exact) mass is 271 g/mol. The van der Waals surface area contributed by atoms with E-state index in [1.165, 1.54) is 18.4 Å². The number of benzene rings is 1. The molecule has 0 aromatic heterocycles. The molecule has 1 amide bonds. The molecule has 2 atom stereocenters. The van der Waals surface area contributed by atoms with Gasteiger partial charge in [-0.3, -0.25) is 4.79 Å². The normalized spacial score (nSPS) is 29.6. The fourth-order valence-corrected chi connectivity index (χ4v) is 3.41. The highest BCUT2D eigenvalue weighted by molar-refractivity contribution is 5.83. The van der Waals surface area contributed by atoms with E-state index < -0.39 is 0 Å². The summed E-state index contributed by atoms with van der Waals surface area (Å²) in [6.45, 7) is 0. The van der Waals surface area contributed by atoms with Gasteiger partial charge in [-0.1, -0.05) is 12.1 Å². The van der Waals surface area contributed by atoms with Gasteiger partial charge in [0.1, 0.15) is 5.75 Å². The first-order valence-electron chi connectivity index (χ1n) is 7.68. The smallest absolute Gasteiger partial charge is 0.224 e. The molecular weight excluding hydrogens is 250 g/mol. The Labute approximate surface area is 119 Å². The molecule has 3 aliphatic rings. The standard InChI is InChI=1S/C17H21NO2/c1-20-13-6-4-12(5-7-13)17(8-9-17)18-16(19)15-10-14(15)11-2-3-11/h4-7,11,14-15H,2-3,8-10H2,1H3,(H,18,19)/t14-,15+/m1/s1. The number of carbonyl (C=O) groups excluding carboxylic acids is 1. The van der Waals surface area contributed by atoms with Crippen LogP contribution in [0.25, 0.3) is 0 Å². The Bertz CT molecular complexity index is 528. The zero-order chi connectivity index (χ0) is 13.7. The lowest BCUT2D eigenvalue weighted by atomic mass is 10.0. The summed E-state index contributed by atoms with van der Waals surface area (Å²) in [7, 11) is 1.68. The lowest BCUT2D eigenvalue weighted by Gasteiger charge is -2.18. The largest absolute Gasteiger partial charge is 0.497 e. The number of nitrogens with one attached hydrogen (secondary N) is 1. The second-order valence-corrected chi connectivity index (χ2v) is 6.64. The van der Waals surface area contributed by atoms with Gasteiger partial charge in [-0.25, -0.2) is 0 Å².